The van der Waals surface area contributed by atoms with Crippen molar-refractivity contribution < 1.29 is 36.3 Å². The highest BCUT2D eigenvalue weighted by molar-refractivity contribution is 7.89. The number of halogens is 4. The first kappa shape index (κ1) is 38.0. The first-order valence-electron chi connectivity index (χ1n) is 16.0. The maximum Gasteiger partial charge on any atom is 0.328 e. The zero-order chi connectivity index (χ0) is 36.9. The third-order valence-corrected chi connectivity index (χ3v) is 11.1. The Labute approximate surface area is 303 Å². The Morgan fingerprint density at radius 1 is 1.12 bits per heavy atom. The fourth-order valence-electron chi connectivity index (χ4n) is 6.32. The molecule has 2 fully saturated rings. The van der Waals surface area contributed by atoms with Crippen LogP contribution in [-0.4, -0.2) is 90.7 Å². The van der Waals surface area contributed by atoms with Crippen molar-refractivity contribution in [3.8, 4) is 6.07 Å². The number of likely N-dealkylation sites (tertiary alicyclic amines) is 1. The summed E-state index contributed by atoms with van der Waals surface area (Å²) in [6.45, 7) is 0.995. The number of hydrogen-bond donors (Lipinski definition) is 2. The number of esters is 1. The van der Waals surface area contributed by atoms with Gasteiger partial charge >= 0.3 is 5.97 Å². The van der Waals surface area contributed by atoms with Gasteiger partial charge in [0.15, 0.2) is 0 Å². The van der Waals surface area contributed by atoms with Gasteiger partial charge in [-0.1, -0.05) is 41.4 Å². The highest BCUT2D eigenvalue weighted by Gasteiger charge is 2.51. The number of hydrogen-bond acceptors (Lipinski definition) is 9. The van der Waals surface area contributed by atoms with E-state index in [1.54, 1.807) is 31.2 Å². The largest absolute Gasteiger partial charge is 0.464 e. The van der Waals surface area contributed by atoms with Gasteiger partial charge < -0.3 is 15.4 Å². The summed E-state index contributed by atoms with van der Waals surface area (Å²) in [6.07, 6.45) is 2.39. The summed E-state index contributed by atoms with van der Waals surface area (Å²) in [6, 6.07) is 9.86. The molecule has 0 aliphatic carbocycles. The summed E-state index contributed by atoms with van der Waals surface area (Å²) < 4.78 is 63.2. The van der Waals surface area contributed by atoms with Gasteiger partial charge in [0, 0.05) is 43.5 Å². The molecule has 17 heteroatoms. The molecule has 0 spiro atoms. The molecule has 51 heavy (non-hydrogen) atoms. The number of rotatable bonds is 11. The second kappa shape index (κ2) is 16.0. The van der Waals surface area contributed by atoms with Crippen LogP contribution in [0.15, 0.2) is 65.8 Å². The predicted molar refractivity (Wildman–Crippen MR) is 184 cm³/mol. The molecule has 2 aliphatic heterocycles. The molecule has 2 amide bonds. The van der Waals surface area contributed by atoms with Gasteiger partial charge in [-0.2, -0.15) is 9.57 Å². The number of carbonyl (C=O) groups excluding carboxylic acids is 3. The lowest BCUT2D eigenvalue weighted by molar-refractivity contribution is -0.148. The van der Waals surface area contributed by atoms with E-state index in [9.17, 15) is 36.8 Å². The number of pyridine rings is 1. The lowest BCUT2D eigenvalue weighted by Crippen LogP contribution is -2.59. The smallest absolute Gasteiger partial charge is 0.328 e. The molecule has 5 rings (SSSR count). The highest BCUT2D eigenvalue weighted by atomic mass is 35.5. The maximum atomic E-state index is 14.6. The standard InChI is InChI=1S/C34H34Cl2F2N6O6S/c1-2-50-33(47)27(16-21-7-9-23(10-8-21)41-31(45)29-25(35)18-40-19-26(29)36)42-32(46)30-28(43-13-4-12-34(37,38)20-43)11-14-44(30)51(48,49)24-6-3-5-22(15-24)17-39/h3,5-10,15,18-19,27-28,30H,2,4,11-14,16,20H2,1H3,(H,41,45)(H,42,46). The van der Waals surface area contributed by atoms with Crippen molar-refractivity contribution in [2.45, 2.75) is 61.6 Å². The molecule has 2 aliphatic rings. The van der Waals surface area contributed by atoms with Crippen molar-refractivity contribution in [1.82, 2.24) is 19.5 Å². The minimum absolute atomic E-state index is 0.0129. The van der Waals surface area contributed by atoms with Crippen LogP contribution >= 0.6 is 23.2 Å². The molecule has 0 bridgehead atoms. The van der Waals surface area contributed by atoms with Crippen molar-refractivity contribution in [2.75, 3.05) is 31.6 Å². The Balaban J connectivity index is 1.40. The number of nitrogens with one attached hydrogen (secondary N) is 2. The van der Waals surface area contributed by atoms with Crippen LogP contribution in [0, 0.1) is 11.3 Å². The number of aromatic nitrogens is 1. The molecule has 3 unspecified atom stereocenters. The first-order chi connectivity index (χ1) is 24.2. The number of benzene rings is 2. The summed E-state index contributed by atoms with van der Waals surface area (Å²) in [5.41, 5.74) is 1.04. The summed E-state index contributed by atoms with van der Waals surface area (Å²) >= 11 is 12.2. The van der Waals surface area contributed by atoms with Crippen molar-refractivity contribution in [3.05, 3.63) is 87.7 Å². The number of piperidine rings is 1. The van der Waals surface area contributed by atoms with Crippen LogP contribution in [0.2, 0.25) is 10.0 Å². The molecule has 3 aromatic rings. The second-order valence-corrected chi connectivity index (χ2v) is 14.8. The van der Waals surface area contributed by atoms with E-state index in [-0.39, 0.29) is 71.4 Å². The van der Waals surface area contributed by atoms with E-state index in [0.29, 0.717) is 11.3 Å². The Morgan fingerprint density at radius 2 is 1.82 bits per heavy atom. The summed E-state index contributed by atoms with van der Waals surface area (Å²) in [5, 5.41) is 14.8. The Hall–Kier alpha value is -4.20. The molecular formula is C34H34Cl2F2N6O6S. The summed E-state index contributed by atoms with van der Waals surface area (Å²) in [4.78, 5) is 45.2. The van der Waals surface area contributed by atoms with Crippen molar-refractivity contribution in [1.29, 1.82) is 5.26 Å². The Kier molecular flexibility index (Phi) is 11.9. The molecule has 2 aromatic carbocycles. The van der Waals surface area contributed by atoms with Crippen molar-refractivity contribution in [2.24, 2.45) is 0 Å². The van der Waals surface area contributed by atoms with Gasteiger partial charge in [-0.25, -0.2) is 22.0 Å². The van der Waals surface area contributed by atoms with Crippen LogP contribution in [0.25, 0.3) is 0 Å². The van der Waals surface area contributed by atoms with E-state index >= 15 is 0 Å². The topological polar surface area (TPSA) is 162 Å². The lowest BCUT2D eigenvalue weighted by Gasteiger charge is -2.39. The molecule has 3 heterocycles. The van der Waals surface area contributed by atoms with Crippen molar-refractivity contribution in [3.63, 3.8) is 0 Å². The molecule has 2 saturated heterocycles. The maximum absolute atomic E-state index is 14.6. The molecule has 2 N–H and O–H groups in total. The van der Waals surface area contributed by atoms with Crippen LogP contribution in [-0.2, 0) is 30.8 Å². The van der Waals surface area contributed by atoms with E-state index in [4.69, 9.17) is 27.9 Å². The van der Waals surface area contributed by atoms with Gasteiger partial charge in [0.1, 0.15) is 12.1 Å². The average Bonchev–Trinajstić information content (AvgIpc) is 3.55. The fraction of sp³-hybridized carbons (Fsp3) is 0.382. The van der Waals surface area contributed by atoms with Gasteiger partial charge in [0.2, 0.25) is 15.9 Å². The monoisotopic (exact) mass is 762 g/mol. The molecule has 270 valence electrons. The highest BCUT2D eigenvalue weighted by Crippen LogP contribution is 2.35. The van der Waals surface area contributed by atoms with E-state index in [1.807, 2.05) is 6.07 Å². The van der Waals surface area contributed by atoms with Gasteiger partial charge in [-0.05, 0) is 62.2 Å². The van der Waals surface area contributed by atoms with Gasteiger partial charge in [-0.3, -0.25) is 19.5 Å². The van der Waals surface area contributed by atoms with Crippen LogP contribution in [0.5, 0.6) is 0 Å². The Morgan fingerprint density at radius 3 is 2.47 bits per heavy atom. The minimum Gasteiger partial charge on any atom is -0.464 e. The Bertz CT molecular complexity index is 1930. The van der Waals surface area contributed by atoms with E-state index in [0.717, 1.165) is 4.31 Å². The number of ether oxygens (including phenoxy) is 1. The van der Waals surface area contributed by atoms with Crippen LogP contribution in [0.3, 0.4) is 0 Å². The number of alkyl halides is 2. The summed E-state index contributed by atoms with van der Waals surface area (Å²) in [7, 11) is -4.39. The number of nitrogens with zero attached hydrogens (tertiary/aromatic N) is 4. The normalized spacial score (nSPS) is 19.8. The van der Waals surface area contributed by atoms with Gasteiger partial charge in [-0.15, -0.1) is 0 Å². The minimum atomic E-state index is -4.39. The lowest BCUT2D eigenvalue weighted by atomic mass is 9.99. The zero-order valence-electron chi connectivity index (χ0n) is 27.3. The van der Waals surface area contributed by atoms with Crippen LogP contribution < -0.4 is 10.6 Å². The predicted octanol–water partition coefficient (Wildman–Crippen LogP) is 4.67. The SMILES string of the molecule is CCOC(=O)C(Cc1ccc(NC(=O)c2c(Cl)cncc2Cl)cc1)NC(=O)C1C(N2CCCC(F)(F)C2)CCN1S(=O)(=O)c1cccc(C#N)c1. The number of nitriles is 1. The number of amides is 2. The van der Waals surface area contributed by atoms with Crippen LogP contribution in [0.1, 0.15) is 47.7 Å². The molecule has 12 nitrogen and oxygen atoms in total. The third kappa shape index (κ3) is 8.82. The van der Waals surface area contributed by atoms with Crippen LogP contribution in [0.4, 0.5) is 14.5 Å². The quantitative estimate of drug-likeness (QED) is 0.265. The van der Waals surface area contributed by atoms with Crippen molar-refractivity contribution >= 4 is 56.7 Å². The molecule has 0 radical (unpaired) electrons. The molecule has 3 atom stereocenters. The van der Waals surface area contributed by atoms with E-state index in [1.165, 1.54) is 41.6 Å². The third-order valence-electron chi connectivity index (χ3n) is 8.67. The number of anilines is 1. The number of sulfonamides is 1. The van der Waals surface area contributed by atoms with E-state index < -0.39 is 58.4 Å². The second-order valence-electron chi connectivity index (χ2n) is 12.1. The molecular weight excluding hydrogens is 729 g/mol. The molecule has 1 aromatic heterocycles. The van der Waals surface area contributed by atoms with Gasteiger partial charge in [0.25, 0.3) is 11.8 Å². The molecule has 0 saturated carbocycles. The average molecular weight is 764 g/mol. The summed E-state index contributed by atoms with van der Waals surface area (Å²) in [5.74, 6) is -5.25. The fourth-order valence-corrected chi connectivity index (χ4v) is 8.54. The zero-order valence-corrected chi connectivity index (χ0v) is 29.6. The number of carbonyl (C=O) groups is 3. The first-order valence-corrected chi connectivity index (χ1v) is 18.2. The van der Waals surface area contributed by atoms with E-state index in [2.05, 4.69) is 15.6 Å². The van der Waals surface area contributed by atoms with Gasteiger partial charge in [0.05, 0.1) is 45.3 Å².